The number of rotatable bonds is 6. The van der Waals surface area contributed by atoms with Crippen molar-refractivity contribution in [3.05, 3.63) is 60.2 Å². The molecule has 2 amide bonds. The minimum absolute atomic E-state index is 0.0130. The quantitative estimate of drug-likeness (QED) is 0.872. The molecule has 0 bridgehead atoms. The molecule has 24 heavy (non-hydrogen) atoms. The Hall–Kier alpha value is -2.27. The molecule has 2 aromatic carbocycles. The first kappa shape index (κ1) is 16.6. The summed E-state index contributed by atoms with van der Waals surface area (Å²) >= 11 is 1.59. The number of nitrogens with one attached hydrogen (secondary N) is 1. The Bertz CT molecular complexity index is 701. The zero-order valence-electron chi connectivity index (χ0n) is 13.4. The van der Waals surface area contributed by atoms with E-state index >= 15 is 0 Å². The molecule has 124 valence electrons. The van der Waals surface area contributed by atoms with Gasteiger partial charge in [0, 0.05) is 30.1 Å². The van der Waals surface area contributed by atoms with Crippen LogP contribution in [0.25, 0.3) is 0 Å². The van der Waals surface area contributed by atoms with Gasteiger partial charge < -0.3 is 10.2 Å². The van der Waals surface area contributed by atoms with Crippen molar-refractivity contribution in [1.29, 1.82) is 0 Å². The second kappa shape index (κ2) is 8.02. The fourth-order valence-electron chi connectivity index (χ4n) is 2.68. The van der Waals surface area contributed by atoms with E-state index in [2.05, 4.69) is 17.4 Å². The van der Waals surface area contributed by atoms with Gasteiger partial charge in [-0.3, -0.25) is 9.59 Å². The molecule has 0 radical (unpaired) electrons. The largest absolute Gasteiger partial charge is 0.325 e. The van der Waals surface area contributed by atoms with Gasteiger partial charge in [-0.05, 0) is 36.2 Å². The fraction of sp³-hybridized carbons (Fsp3) is 0.263. The van der Waals surface area contributed by atoms with Gasteiger partial charge >= 0.3 is 0 Å². The number of hydrogen-bond donors (Lipinski definition) is 1. The molecule has 0 unspecified atom stereocenters. The van der Waals surface area contributed by atoms with Crippen LogP contribution in [0.3, 0.4) is 0 Å². The van der Waals surface area contributed by atoms with E-state index in [0.29, 0.717) is 12.2 Å². The Morgan fingerprint density at radius 2 is 1.83 bits per heavy atom. The SMILES string of the molecule is O=C(CSCc1ccccc1)Nc1ccc(N2CCCC2=O)cc1. The van der Waals surface area contributed by atoms with Crippen LogP contribution in [0.15, 0.2) is 54.6 Å². The summed E-state index contributed by atoms with van der Waals surface area (Å²) < 4.78 is 0. The van der Waals surface area contributed by atoms with Crippen molar-refractivity contribution < 1.29 is 9.59 Å². The maximum atomic E-state index is 12.0. The lowest BCUT2D eigenvalue weighted by Crippen LogP contribution is -2.23. The molecule has 4 nitrogen and oxygen atoms in total. The van der Waals surface area contributed by atoms with Crippen molar-refractivity contribution >= 4 is 35.0 Å². The first-order chi connectivity index (χ1) is 11.7. The molecule has 2 aromatic rings. The molecule has 1 aliphatic rings. The highest BCUT2D eigenvalue weighted by Crippen LogP contribution is 2.23. The molecule has 1 heterocycles. The third kappa shape index (κ3) is 4.38. The van der Waals surface area contributed by atoms with Crippen molar-refractivity contribution in [2.45, 2.75) is 18.6 Å². The number of benzene rings is 2. The number of amides is 2. The van der Waals surface area contributed by atoms with E-state index in [1.54, 1.807) is 16.7 Å². The van der Waals surface area contributed by atoms with Crippen molar-refractivity contribution in [1.82, 2.24) is 0 Å². The first-order valence-corrected chi connectivity index (χ1v) is 9.20. The molecular weight excluding hydrogens is 320 g/mol. The highest BCUT2D eigenvalue weighted by Gasteiger charge is 2.21. The van der Waals surface area contributed by atoms with Gasteiger partial charge in [0.25, 0.3) is 0 Å². The molecule has 3 rings (SSSR count). The highest BCUT2D eigenvalue weighted by molar-refractivity contribution is 7.99. The molecule has 1 saturated heterocycles. The Morgan fingerprint density at radius 1 is 1.08 bits per heavy atom. The average Bonchev–Trinajstić information content (AvgIpc) is 3.03. The molecule has 0 aromatic heterocycles. The van der Waals surface area contributed by atoms with Crippen LogP contribution in [-0.2, 0) is 15.3 Å². The standard InChI is InChI=1S/C19H20N2O2S/c22-18(14-24-13-15-5-2-1-3-6-15)20-16-8-10-17(11-9-16)21-12-4-7-19(21)23/h1-3,5-6,8-11H,4,7,12-14H2,(H,20,22). The number of nitrogens with zero attached hydrogens (tertiary/aromatic N) is 1. The summed E-state index contributed by atoms with van der Waals surface area (Å²) in [5, 5.41) is 2.89. The van der Waals surface area contributed by atoms with E-state index in [4.69, 9.17) is 0 Å². The zero-order chi connectivity index (χ0) is 16.8. The normalized spacial score (nSPS) is 14.0. The van der Waals surface area contributed by atoms with Gasteiger partial charge in [-0.2, -0.15) is 0 Å². The summed E-state index contributed by atoms with van der Waals surface area (Å²) in [7, 11) is 0. The lowest BCUT2D eigenvalue weighted by Gasteiger charge is -2.16. The van der Waals surface area contributed by atoms with Gasteiger partial charge in [0.05, 0.1) is 5.75 Å². The molecular formula is C19H20N2O2S. The van der Waals surface area contributed by atoms with E-state index < -0.39 is 0 Å². The fourth-order valence-corrected chi connectivity index (χ4v) is 3.47. The molecule has 0 atom stereocenters. The summed E-state index contributed by atoms with van der Waals surface area (Å²) in [5.74, 6) is 1.40. The molecule has 0 aliphatic carbocycles. The molecule has 0 spiro atoms. The second-order valence-corrected chi connectivity index (χ2v) is 6.71. The maximum absolute atomic E-state index is 12.0. The Balaban J connectivity index is 1.47. The van der Waals surface area contributed by atoms with E-state index in [1.807, 2.05) is 42.5 Å². The van der Waals surface area contributed by atoms with Gasteiger partial charge in [-0.1, -0.05) is 30.3 Å². The lowest BCUT2D eigenvalue weighted by molar-refractivity contribution is -0.117. The van der Waals surface area contributed by atoms with Gasteiger partial charge in [-0.25, -0.2) is 0 Å². The summed E-state index contributed by atoms with van der Waals surface area (Å²) in [6, 6.07) is 17.6. The van der Waals surface area contributed by atoms with Crippen LogP contribution in [0, 0.1) is 0 Å². The topological polar surface area (TPSA) is 49.4 Å². The number of hydrogen-bond acceptors (Lipinski definition) is 3. The minimum atomic E-state index is -0.0130. The molecule has 1 N–H and O–H groups in total. The monoisotopic (exact) mass is 340 g/mol. The number of thioether (sulfide) groups is 1. The van der Waals surface area contributed by atoms with E-state index in [0.717, 1.165) is 30.1 Å². The summed E-state index contributed by atoms with van der Waals surface area (Å²) in [6.45, 7) is 0.778. The van der Waals surface area contributed by atoms with Crippen LogP contribution in [0.2, 0.25) is 0 Å². The van der Waals surface area contributed by atoms with E-state index in [-0.39, 0.29) is 11.8 Å². The average molecular weight is 340 g/mol. The Morgan fingerprint density at radius 3 is 2.50 bits per heavy atom. The summed E-state index contributed by atoms with van der Waals surface area (Å²) in [5.41, 5.74) is 2.87. The van der Waals surface area contributed by atoms with Crippen molar-refractivity contribution in [2.24, 2.45) is 0 Å². The Kier molecular flexibility index (Phi) is 5.54. The van der Waals surface area contributed by atoms with Crippen LogP contribution in [0.4, 0.5) is 11.4 Å². The third-order valence-corrected chi connectivity index (χ3v) is 4.88. The highest BCUT2D eigenvalue weighted by atomic mass is 32.2. The van der Waals surface area contributed by atoms with E-state index in [1.165, 1.54) is 5.56 Å². The van der Waals surface area contributed by atoms with Gasteiger partial charge in [0.2, 0.25) is 11.8 Å². The second-order valence-electron chi connectivity index (χ2n) is 5.72. The smallest absolute Gasteiger partial charge is 0.234 e. The van der Waals surface area contributed by atoms with Crippen LogP contribution in [-0.4, -0.2) is 24.1 Å². The summed E-state index contributed by atoms with van der Waals surface area (Å²) in [4.78, 5) is 25.5. The predicted molar refractivity (Wildman–Crippen MR) is 99.3 cm³/mol. The van der Waals surface area contributed by atoms with E-state index in [9.17, 15) is 9.59 Å². The van der Waals surface area contributed by atoms with Gasteiger partial charge in [0.15, 0.2) is 0 Å². The molecule has 1 aliphatic heterocycles. The third-order valence-electron chi connectivity index (χ3n) is 3.88. The minimum Gasteiger partial charge on any atom is -0.325 e. The van der Waals surface area contributed by atoms with Gasteiger partial charge in [-0.15, -0.1) is 11.8 Å². The molecule has 0 saturated carbocycles. The number of carbonyl (C=O) groups is 2. The van der Waals surface area contributed by atoms with Crippen LogP contribution < -0.4 is 10.2 Å². The van der Waals surface area contributed by atoms with Crippen molar-refractivity contribution in [3.63, 3.8) is 0 Å². The zero-order valence-corrected chi connectivity index (χ0v) is 14.2. The van der Waals surface area contributed by atoms with Crippen LogP contribution in [0.5, 0.6) is 0 Å². The number of carbonyl (C=O) groups excluding carboxylic acids is 2. The lowest BCUT2D eigenvalue weighted by atomic mass is 10.2. The summed E-state index contributed by atoms with van der Waals surface area (Å²) in [6.07, 6.45) is 1.53. The van der Waals surface area contributed by atoms with Gasteiger partial charge in [0.1, 0.15) is 0 Å². The van der Waals surface area contributed by atoms with Crippen molar-refractivity contribution in [3.8, 4) is 0 Å². The molecule has 1 fully saturated rings. The first-order valence-electron chi connectivity index (χ1n) is 8.04. The van der Waals surface area contributed by atoms with Crippen molar-refractivity contribution in [2.75, 3.05) is 22.5 Å². The van der Waals surface area contributed by atoms with Crippen LogP contribution >= 0.6 is 11.8 Å². The maximum Gasteiger partial charge on any atom is 0.234 e. The predicted octanol–water partition coefficient (Wildman–Crippen LogP) is 3.69. The molecule has 5 heteroatoms. The Labute approximate surface area is 146 Å². The van der Waals surface area contributed by atoms with Crippen LogP contribution in [0.1, 0.15) is 18.4 Å². The number of anilines is 2.